The molecule has 0 aliphatic heterocycles. The molecule has 3 aromatic heterocycles. The first kappa shape index (κ1) is 52.3. The van der Waals surface area contributed by atoms with Crippen LogP contribution in [0.1, 0.15) is 0 Å². The highest BCUT2D eigenvalue weighted by molar-refractivity contribution is 7.21. The SMILES string of the molecule is c1ccc(-c2cccc3c2c2ccccc2n3-c2ccc3c(c2)c2c([Si](c4ccccc4)(c4ccccc4)c4ccccc4)cccc2n3-c2cccc([Si](c3ccccc3)(c3ccccc3)c3cccc(-n4c5ccccc5c5ccccc54)c3)c2)cc1. The summed E-state index contributed by atoms with van der Waals surface area (Å²) in [7, 11) is -6.32. The van der Waals surface area contributed by atoms with E-state index in [1.54, 1.807) is 0 Å². The molecule has 0 atom stereocenters. The Morgan fingerprint density at radius 1 is 0.191 bits per heavy atom. The maximum Gasteiger partial charge on any atom is 0.180 e. The molecule has 89 heavy (non-hydrogen) atoms. The van der Waals surface area contributed by atoms with Gasteiger partial charge in [0.2, 0.25) is 0 Å². The van der Waals surface area contributed by atoms with Gasteiger partial charge in [0.15, 0.2) is 16.1 Å². The highest BCUT2D eigenvalue weighted by Gasteiger charge is 2.45. The maximum atomic E-state index is 2.59. The second-order valence-corrected chi connectivity index (χ2v) is 31.0. The fourth-order valence-electron chi connectivity index (χ4n) is 15.3. The number of aromatic nitrogens is 3. The van der Waals surface area contributed by atoms with Gasteiger partial charge in [0.05, 0.1) is 33.1 Å². The van der Waals surface area contributed by atoms with E-state index in [-0.39, 0.29) is 0 Å². The predicted molar refractivity (Wildman–Crippen MR) is 382 cm³/mol. The molecule has 0 unspecified atom stereocenters. The van der Waals surface area contributed by atoms with Crippen LogP contribution in [0.15, 0.2) is 358 Å². The molecule has 0 N–H and O–H groups in total. The topological polar surface area (TPSA) is 14.8 Å². The summed E-state index contributed by atoms with van der Waals surface area (Å²) in [5.74, 6) is 0. The molecule has 17 rings (SSSR count). The summed E-state index contributed by atoms with van der Waals surface area (Å²) < 4.78 is 7.56. The summed E-state index contributed by atoms with van der Waals surface area (Å²) in [5.41, 5.74) is 12.9. The molecule has 0 aliphatic rings. The van der Waals surface area contributed by atoms with Crippen molar-refractivity contribution in [2.75, 3.05) is 0 Å². The van der Waals surface area contributed by atoms with Crippen molar-refractivity contribution in [3.63, 3.8) is 0 Å². The van der Waals surface area contributed by atoms with Crippen molar-refractivity contribution in [3.05, 3.63) is 358 Å². The molecular weight excluding hydrogens is 1110 g/mol. The third-order valence-electron chi connectivity index (χ3n) is 18.9. The number of nitrogens with zero attached hydrogens (tertiary/aromatic N) is 3. The number of hydrogen-bond donors (Lipinski definition) is 0. The number of hydrogen-bond acceptors (Lipinski definition) is 0. The van der Waals surface area contributed by atoms with E-state index in [1.807, 2.05) is 0 Å². The van der Waals surface area contributed by atoms with Crippen LogP contribution in [-0.2, 0) is 0 Å². The first-order valence-corrected chi connectivity index (χ1v) is 34.8. The molecule has 17 aromatic rings. The van der Waals surface area contributed by atoms with Crippen molar-refractivity contribution in [2.24, 2.45) is 0 Å². The highest BCUT2D eigenvalue weighted by Crippen LogP contribution is 2.41. The van der Waals surface area contributed by atoms with E-state index in [0.29, 0.717) is 0 Å². The minimum atomic E-state index is -3.18. The van der Waals surface area contributed by atoms with E-state index in [9.17, 15) is 0 Å². The fraction of sp³-hybridized carbons (Fsp3) is 0. The van der Waals surface area contributed by atoms with E-state index in [4.69, 9.17) is 0 Å². The minimum absolute atomic E-state index is 1.12. The number of benzene rings is 14. The van der Waals surface area contributed by atoms with Crippen LogP contribution in [0.3, 0.4) is 0 Å². The molecule has 0 amide bonds. The van der Waals surface area contributed by atoms with Crippen LogP contribution in [0, 0.1) is 0 Å². The van der Waals surface area contributed by atoms with Crippen molar-refractivity contribution in [2.45, 2.75) is 0 Å². The zero-order valence-electron chi connectivity index (χ0n) is 48.9. The van der Waals surface area contributed by atoms with Crippen molar-refractivity contribution in [1.82, 2.24) is 13.7 Å². The average Bonchev–Trinajstić information content (AvgIpc) is 1.71. The molecule has 3 heterocycles. The Kier molecular flexibility index (Phi) is 12.6. The van der Waals surface area contributed by atoms with E-state index < -0.39 is 16.1 Å². The first-order chi connectivity index (χ1) is 44.2. The second kappa shape index (κ2) is 21.4. The largest absolute Gasteiger partial charge is 0.309 e. The minimum Gasteiger partial charge on any atom is -0.309 e. The highest BCUT2D eigenvalue weighted by atomic mass is 28.3. The van der Waals surface area contributed by atoms with Crippen LogP contribution in [-0.4, -0.2) is 29.8 Å². The van der Waals surface area contributed by atoms with E-state index >= 15 is 0 Å². The Hall–Kier alpha value is -11.1. The first-order valence-electron chi connectivity index (χ1n) is 30.8. The molecule has 0 spiro atoms. The summed E-state index contributed by atoms with van der Waals surface area (Å²) in [6.07, 6.45) is 0. The Labute approximate surface area is 519 Å². The van der Waals surface area contributed by atoms with Crippen LogP contribution >= 0.6 is 0 Å². The lowest BCUT2D eigenvalue weighted by atomic mass is 9.99. The molecule has 5 heteroatoms. The molecule has 14 aromatic carbocycles. The Morgan fingerprint density at radius 3 is 1.02 bits per heavy atom. The maximum absolute atomic E-state index is 3.18. The Balaban J connectivity index is 0.973. The predicted octanol–water partition coefficient (Wildman–Crippen LogP) is 15.4. The van der Waals surface area contributed by atoms with Gasteiger partial charge in [0.25, 0.3) is 0 Å². The van der Waals surface area contributed by atoms with E-state index in [1.165, 1.54) is 113 Å². The molecule has 0 saturated carbocycles. The number of fused-ring (bicyclic) bond motifs is 9. The lowest BCUT2D eigenvalue weighted by Crippen LogP contribution is -2.74. The van der Waals surface area contributed by atoms with Crippen molar-refractivity contribution in [1.29, 1.82) is 0 Å². The Bertz CT molecular complexity index is 5290. The van der Waals surface area contributed by atoms with Crippen LogP contribution in [0.25, 0.3) is 93.6 Å². The lowest BCUT2D eigenvalue weighted by Gasteiger charge is -2.35. The van der Waals surface area contributed by atoms with Crippen LogP contribution in [0.2, 0.25) is 0 Å². The molecule has 0 fully saturated rings. The van der Waals surface area contributed by atoms with Crippen LogP contribution in [0.5, 0.6) is 0 Å². The monoisotopic (exact) mass is 1170 g/mol. The van der Waals surface area contributed by atoms with Gasteiger partial charge in [-0.05, 0) is 125 Å². The standard InChI is InChI=1S/C84H59N3Si2/c1-7-29-60(30-8-1)71-48-27-52-80-83(71)74-47-21-24-51-78(74)87(80)63-55-56-79-75(59-63)84-81(53-28-54-82(84)89(66-37-13-4-14-38-66,67-39-15-5-16-40-67)68-41-17-6-18-42-68)86(79)62-32-26-44-70(58-62)88(64-33-9-2-10-34-64,65-35-11-3-12-36-65)69-43-25-31-61(57-69)85-76-49-22-19-45-72(76)73-46-20-23-50-77(73)85/h1-59H. The third-order valence-corrected chi connectivity index (χ3v) is 28.5. The van der Waals surface area contributed by atoms with Crippen molar-refractivity contribution < 1.29 is 0 Å². The molecule has 3 nitrogen and oxygen atoms in total. The normalized spacial score (nSPS) is 12.0. The van der Waals surface area contributed by atoms with Gasteiger partial charge < -0.3 is 13.7 Å². The fourth-order valence-corrected chi connectivity index (χ4v) is 25.1. The molecular formula is C84H59N3Si2. The molecule has 0 radical (unpaired) electrons. The van der Waals surface area contributed by atoms with Crippen molar-refractivity contribution in [3.8, 4) is 28.2 Å². The van der Waals surface area contributed by atoms with Crippen molar-refractivity contribution >= 4 is 123 Å². The molecule has 0 aliphatic carbocycles. The molecule has 0 bridgehead atoms. The van der Waals surface area contributed by atoms with E-state index in [2.05, 4.69) is 372 Å². The van der Waals surface area contributed by atoms with Gasteiger partial charge in [-0.3, -0.25) is 0 Å². The van der Waals surface area contributed by atoms with Crippen LogP contribution in [0.4, 0.5) is 0 Å². The van der Waals surface area contributed by atoms with Gasteiger partial charge in [-0.2, -0.15) is 0 Å². The second-order valence-electron chi connectivity index (χ2n) is 23.5. The van der Waals surface area contributed by atoms with Crippen LogP contribution < -0.4 is 41.5 Å². The quantitative estimate of drug-likeness (QED) is 0.0855. The number of rotatable bonds is 12. The zero-order valence-corrected chi connectivity index (χ0v) is 50.9. The van der Waals surface area contributed by atoms with Gasteiger partial charge >= 0.3 is 0 Å². The summed E-state index contributed by atoms with van der Waals surface area (Å²) in [6, 6.07) is 135. The average molecular weight is 1170 g/mol. The van der Waals surface area contributed by atoms with Gasteiger partial charge in [-0.15, -0.1) is 0 Å². The summed E-state index contributed by atoms with van der Waals surface area (Å²) in [4.78, 5) is 0. The van der Waals surface area contributed by atoms with Gasteiger partial charge in [0, 0.05) is 49.4 Å². The summed E-state index contributed by atoms with van der Waals surface area (Å²) in [5, 5.41) is 18.1. The third kappa shape index (κ3) is 8.10. The number of para-hydroxylation sites is 3. The zero-order chi connectivity index (χ0) is 58.9. The van der Waals surface area contributed by atoms with Gasteiger partial charge in [0.1, 0.15) is 0 Å². The summed E-state index contributed by atoms with van der Waals surface area (Å²) >= 11 is 0. The molecule has 0 saturated heterocycles. The van der Waals surface area contributed by atoms with E-state index in [0.717, 1.165) is 22.6 Å². The summed E-state index contributed by atoms with van der Waals surface area (Å²) in [6.45, 7) is 0. The van der Waals surface area contributed by atoms with Gasteiger partial charge in [-0.1, -0.05) is 285 Å². The molecule has 418 valence electrons. The lowest BCUT2D eigenvalue weighted by molar-refractivity contribution is 1.17. The smallest absolute Gasteiger partial charge is 0.180 e. The van der Waals surface area contributed by atoms with Gasteiger partial charge in [-0.25, -0.2) is 0 Å². The Morgan fingerprint density at radius 2 is 0.528 bits per heavy atom.